The van der Waals surface area contributed by atoms with Crippen LogP contribution >= 0.6 is 23.2 Å². The molecule has 112 valence electrons. The summed E-state index contributed by atoms with van der Waals surface area (Å²) in [6.45, 7) is 4.18. The number of halogens is 2. The third-order valence-corrected chi connectivity index (χ3v) is 4.02. The molecule has 0 spiro atoms. The summed E-state index contributed by atoms with van der Waals surface area (Å²) < 4.78 is 0. The molecule has 1 nitrogen and oxygen atoms in total. The molecule has 2 aromatic rings. The maximum absolute atomic E-state index is 6.14. The van der Waals surface area contributed by atoms with E-state index in [2.05, 4.69) is 36.5 Å². The minimum Gasteiger partial charge on any atom is -0.316 e. The Hall–Kier alpha value is -1.02. The Morgan fingerprint density at radius 2 is 1.76 bits per heavy atom. The number of rotatable bonds is 7. The average molecular weight is 322 g/mol. The summed E-state index contributed by atoms with van der Waals surface area (Å²) in [6.07, 6.45) is 2.12. The zero-order valence-corrected chi connectivity index (χ0v) is 13.8. The first-order valence-corrected chi connectivity index (χ1v) is 8.15. The van der Waals surface area contributed by atoms with Crippen LogP contribution in [0.1, 0.15) is 30.4 Å². The van der Waals surface area contributed by atoms with Gasteiger partial charge < -0.3 is 5.32 Å². The zero-order chi connectivity index (χ0) is 15.1. The van der Waals surface area contributed by atoms with E-state index in [1.165, 1.54) is 11.1 Å². The fraction of sp³-hybridized carbons (Fsp3) is 0.333. The predicted octanol–water partition coefficient (Wildman–Crippen LogP) is 5.32. The van der Waals surface area contributed by atoms with Gasteiger partial charge in [-0.2, -0.15) is 0 Å². The molecule has 0 fully saturated rings. The summed E-state index contributed by atoms with van der Waals surface area (Å²) in [5, 5.41) is 5.09. The lowest BCUT2D eigenvalue weighted by molar-refractivity contribution is 0.576. The Morgan fingerprint density at radius 1 is 1.00 bits per heavy atom. The van der Waals surface area contributed by atoms with Crippen LogP contribution in [-0.4, -0.2) is 13.1 Å². The van der Waals surface area contributed by atoms with Crippen molar-refractivity contribution < 1.29 is 0 Å². The van der Waals surface area contributed by atoms with Crippen LogP contribution in [0.25, 0.3) is 0 Å². The fourth-order valence-electron chi connectivity index (χ4n) is 2.43. The van der Waals surface area contributed by atoms with Crippen LogP contribution in [-0.2, 0) is 6.42 Å². The maximum Gasteiger partial charge on any atom is 0.0408 e. The molecule has 1 atom stereocenters. The van der Waals surface area contributed by atoms with Crippen LogP contribution in [0.15, 0.2) is 48.5 Å². The molecular weight excluding hydrogens is 301 g/mol. The first kappa shape index (κ1) is 16.4. The molecule has 0 heterocycles. The van der Waals surface area contributed by atoms with Crippen molar-refractivity contribution in [3.05, 3.63) is 69.7 Å². The van der Waals surface area contributed by atoms with Crippen molar-refractivity contribution in [1.29, 1.82) is 0 Å². The monoisotopic (exact) mass is 321 g/mol. The number of hydrogen-bond donors (Lipinski definition) is 1. The van der Waals surface area contributed by atoms with Gasteiger partial charge in [-0.25, -0.2) is 0 Å². The Balaban J connectivity index is 2.13. The molecule has 0 saturated heterocycles. The first-order valence-electron chi connectivity index (χ1n) is 7.39. The van der Waals surface area contributed by atoms with Crippen molar-refractivity contribution in [2.45, 2.75) is 25.7 Å². The van der Waals surface area contributed by atoms with Gasteiger partial charge in [0, 0.05) is 22.5 Å². The molecule has 2 rings (SSSR count). The van der Waals surface area contributed by atoms with Crippen LogP contribution < -0.4 is 5.32 Å². The molecule has 0 aliphatic heterocycles. The van der Waals surface area contributed by atoms with Crippen LogP contribution in [0.3, 0.4) is 0 Å². The molecule has 0 aliphatic carbocycles. The van der Waals surface area contributed by atoms with Crippen molar-refractivity contribution in [2.24, 2.45) is 0 Å². The lowest BCUT2D eigenvalue weighted by Gasteiger charge is -2.19. The van der Waals surface area contributed by atoms with E-state index < -0.39 is 0 Å². The molecule has 1 unspecified atom stereocenters. The third kappa shape index (κ3) is 5.35. The number of benzene rings is 2. The van der Waals surface area contributed by atoms with Crippen molar-refractivity contribution in [2.75, 3.05) is 13.1 Å². The van der Waals surface area contributed by atoms with Gasteiger partial charge >= 0.3 is 0 Å². The van der Waals surface area contributed by atoms with E-state index in [4.69, 9.17) is 23.2 Å². The highest BCUT2D eigenvalue weighted by Crippen LogP contribution is 2.24. The second-order valence-electron chi connectivity index (χ2n) is 5.29. The Labute approximate surface area is 137 Å². The molecule has 0 radical (unpaired) electrons. The Morgan fingerprint density at radius 3 is 2.43 bits per heavy atom. The van der Waals surface area contributed by atoms with E-state index in [1.807, 2.05) is 24.3 Å². The molecular formula is C18H21Cl2N. The maximum atomic E-state index is 6.14. The SMILES string of the molecule is CCCNCC(Cc1ccc(Cl)cc1)c1cccc(Cl)c1. The van der Waals surface area contributed by atoms with Gasteiger partial charge in [-0.1, -0.05) is 54.4 Å². The van der Waals surface area contributed by atoms with Crippen molar-refractivity contribution in [3.63, 3.8) is 0 Å². The number of nitrogens with one attached hydrogen (secondary N) is 1. The molecule has 0 bridgehead atoms. The normalized spacial score (nSPS) is 12.3. The zero-order valence-electron chi connectivity index (χ0n) is 12.3. The van der Waals surface area contributed by atoms with Crippen LogP contribution in [0, 0.1) is 0 Å². The molecule has 0 aromatic heterocycles. The highest BCUT2D eigenvalue weighted by atomic mass is 35.5. The van der Waals surface area contributed by atoms with E-state index >= 15 is 0 Å². The van der Waals surface area contributed by atoms with Gasteiger partial charge in [0.15, 0.2) is 0 Å². The second-order valence-corrected chi connectivity index (χ2v) is 6.16. The van der Waals surface area contributed by atoms with Gasteiger partial charge in [0.1, 0.15) is 0 Å². The largest absolute Gasteiger partial charge is 0.316 e. The number of hydrogen-bond acceptors (Lipinski definition) is 1. The Bertz CT molecular complexity index is 551. The Kier molecular flexibility index (Phi) is 6.56. The molecule has 0 amide bonds. The topological polar surface area (TPSA) is 12.0 Å². The van der Waals surface area contributed by atoms with Crippen LogP contribution in [0.5, 0.6) is 0 Å². The molecule has 3 heteroatoms. The van der Waals surface area contributed by atoms with E-state index in [1.54, 1.807) is 0 Å². The minimum absolute atomic E-state index is 0.413. The highest BCUT2D eigenvalue weighted by Gasteiger charge is 2.12. The lowest BCUT2D eigenvalue weighted by atomic mass is 9.92. The summed E-state index contributed by atoms with van der Waals surface area (Å²) in [4.78, 5) is 0. The fourth-order valence-corrected chi connectivity index (χ4v) is 2.75. The molecule has 1 N–H and O–H groups in total. The lowest BCUT2D eigenvalue weighted by Crippen LogP contribution is -2.23. The van der Waals surface area contributed by atoms with Crippen molar-refractivity contribution in [3.8, 4) is 0 Å². The van der Waals surface area contributed by atoms with Gasteiger partial charge in [0.2, 0.25) is 0 Å². The van der Waals surface area contributed by atoms with Crippen LogP contribution in [0.2, 0.25) is 10.0 Å². The van der Waals surface area contributed by atoms with Gasteiger partial charge in [-0.3, -0.25) is 0 Å². The molecule has 0 aliphatic rings. The average Bonchev–Trinajstić information content (AvgIpc) is 2.48. The van der Waals surface area contributed by atoms with E-state index in [0.29, 0.717) is 5.92 Å². The van der Waals surface area contributed by atoms with Crippen LogP contribution in [0.4, 0.5) is 0 Å². The summed E-state index contributed by atoms with van der Waals surface area (Å²) >= 11 is 12.1. The van der Waals surface area contributed by atoms with Gasteiger partial charge in [-0.05, 0) is 54.8 Å². The van der Waals surface area contributed by atoms with Crippen molar-refractivity contribution >= 4 is 23.2 Å². The van der Waals surface area contributed by atoms with Crippen molar-refractivity contribution in [1.82, 2.24) is 5.32 Å². The van der Waals surface area contributed by atoms with E-state index in [-0.39, 0.29) is 0 Å². The van der Waals surface area contributed by atoms with E-state index in [9.17, 15) is 0 Å². The summed E-state index contributed by atoms with van der Waals surface area (Å²) in [5.41, 5.74) is 2.57. The quantitative estimate of drug-likeness (QED) is 0.680. The smallest absolute Gasteiger partial charge is 0.0408 e. The summed E-state index contributed by atoms with van der Waals surface area (Å²) in [6, 6.07) is 16.3. The van der Waals surface area contributed by atoms with E-state index in [0.717, 1.165) is 36.0 Å². The van der Waals surface area contributed by atoms with Gasteiger partial charge in [0.05, 0.1) is 0 Å². The first-order chi connectivity index (χ1) is 10.2. The standard InChI is InChI=1S/C18H21Cl2N/c1-2-10-21-13-16(15-4-3-5-18(20)12-15)11-14-6-8-17(19)9-7-14/h3-9,12,16,21H,2,10-11,13H2,1H3. The van der Waals surface area contributed by atoms with Gasteiger partial charge in [0.25, 0.3) is 0 Å². The molecule has 0 saturated carbocycles. The second kappa shape index (κ2) is 8.43. The predicted molar refractivity (Wildman–Crippen MR) is 92.5 cm³/mol. The van der Waals surface area contributed by atoms with Gasteiger partial charge in [-0.15, -0.1) is 0 Å². The summed E-state index contributed by atoms with van der Waals surface area (Å²) in [5.74, 6) is 0.413. The molecule has 2 aromatic carbocycles. The third-order valence-electron chi connectivity index (χ3n) is 3.53. The molecule has 21 heavy (non-hydrogen) atoms. The summed E-state index contributed by atoms with van der Waals surface area (Å²) in [7, 11) is 0. The highest BCUT2D eigenvalue weighted by molar-refractivity contribution is 6.30. The minimum atomic E-state index is 0.413.